The van der Waals surface area contributed by atoms with Crippen LogP contribution in [-0.4, -0.2) is 45.6 Å². The average molecular weight is 439 g/mol. The molecule has 0 saturated carbocycles. The molecule has 3 aromatic rings. The van der Waals surface area contributed by atoms with Gasteiger partial charge in [-0.25, -0.2) is 13.4 Å². The molecule has 2 aromatic heterocycles. The molecule has 0 aliphatic carbocycles. The number of aryl methyl sites for hydroxylation is 1. The molecule has 2 N–H and O–H groups in total. The number of benzene rings is 1. The number of anilines is 1. The molecule has 11 heteroatoms. The minimum Gasteiger partial charge on any atom is -0.374 e. The Morgan fingerprint density at radius 1 is 1.21 bits per heavy atom. The van der Waals surface area contributed by atoms with Crippen molar-refractivity contribution in [3.05, 3.63) is 24.0 Å². The maximum atomic E-state index is 13.0. The summed E-state index contributed by atoms with van der Waals surface area (Å²) in [6.45, 7) is 3.99. The van der Waals surface area contributed by atoms with Gasteiger partial charge in [-0.1, -0.05) is 29.5 Å². The van der Waals surface area contributed by atoms with Crippen molar-refractivity contribution in [1.29, 1.82) is 0 Å². The van der Waals surface area contributed by atoms with Crippen molar-refractivity contribution >= 4 is 49.3 Å². The molecule has 0 spiro atoms. The standard InChI is InChI=1S/C17H22N6O2S3/c1-2-23-14-7-6-12(28(24,25)22-8-4-3-5-9-22)10-13(14)19-15(23)11-26-17-21-20-16(18)27-17/h6-7,10H,2-5,8-9,11H2,1H3,(H2,18,20). The van der Waals surface area contributed by atoms with Gasteiger partial charge in [-0.15, -0.1) is 10.2 Å². The lowest BCUT2D eigenvalue weighted by Gasteiger charge is -2.25. The van der Waals surface area contributed by atoms with Crippen molar-refractivity contribution in [2.75, 3.05) is 18.8 Å². The summed E-state index contributed by atoms with van der Waals surface area (Å²) in [5, 5.41) is 8.29. The number of rotatable bonds is 6. The Morgan fingerprint density at radius 2 is 2.00 bits per heavy atom. The third-order valence-corrected chi connectivity index (χ3v) is 8.59. The summed E-state index contributed by atoms with van der Waals surface area (Å²) in [5.74, 6) is 1.49. The second kappa shape index (κ2) is 7.97. The Kier molecular flexibility index (Phi) is 5.59. The third kappa shape index (κ3) is 3.76. The second-order valence-electron chi connectivity index (χ2n) is 6.58. The number of aromatic nitrogens is 4. The van der Waals surface area contributed by atoms with E-state index in [4.69, 9.17) is 10.7 Å². The number of hydrogen-bond donors (Lipinski definition) is 1. The number of hydrogen-bond acceptors (Lipinski definition) is 8. The summed E-state index contributed by atoms with van der Waals surface area (Å²) in [5.41, 5.74) is 7.27. The van der Waals surface area contributed by atoms with Gasteiger partial charge in [0, 0.05) is 19.6 Å². The molecule has 1 saturated heterocycles. The van der Waals surface area contributed by atoms with Gasteiger partial charge in [0.15, 0.2) is 4.34 Å². The summed E-state index contributed by atoms with van der Waals surface area (Å²) in [7, 11) is -3.47. The van der Waals surface area contributed by atoms with Crippen LogP contribution in [0.1, 0.15) is 32.0 Å². The van der Waals surface area contributed by atoms with Crippen molar-refractivity contribution in [2.24, 2.45) is 0 Å². The lowest BCUT2D eigenvalue weighted by Crippen LogP contribution is -2.35. The van der Waals surface area contributed by atoms with Crippen LogP contribution in [0.3, 0.4) is 0 Å². The highest BCUT2D eigenvalue weighted by atomic mass is 32.2. The third-order valence-electron chi connectivity index (χ3n) is 4.81. The summed E-state index contributed by atoms with van der Waals surface area (Å²) in [4.78, 5) is 5.03. The summed E-state index contributed by atoms with van der Waals surface area (Å²) >= 11 is 2.87. The van der Waals surface area contributed by atoms with Crippen LogP contribution in [0.2, 0.25) is 0 Å². The maximum Gasteiger partial charge on any atom is 0.243 e. The van der Waals surface area contributed by atoms with E-state index >= 15 is 0 Å². The SMILES string of the molecule is CCn1c(CSc2nnc(N)s2)nc2cc(S(=O)(=O)N3CCCCC3)ccc21. The highest BCUT2D eigenvalue weighted by Gasteiger charge is 2.26. The summed E-state index contributed by atoms with van der Waals surface area (Å²) in [6.07, 6.45) is 2.93. The first-order valence-corrected chi connectivity index (χ1v) is 12.4. The van der Waals surface area contributed by atoms with Gasteiger partial charge in [-0.2, -0.15) is 4.31 Å². The molecule has 3 heterocycles. The highest BCUT2D eigenvalue weighted by Crippen LogP contribution is 2.29. The van der Waals surface area contributed by atoms with Gasteiger partial charge in [0.05, 0.1) is 21.7 Å². The van der Waals surface area contributed by atoms with E-state index in [0.29, 0.717) is 34.4 Å². The summed E-state index contributed by atoms with van der Waals surface area (Å²) in [6, 6.07) is 5.25. The van der Waals surface area contributed by atoms with E-state index in [-0.39, 0.29) is 0 Å². The fourth-order valence-electron chi connectivity index (χ4n) is 3.44. The van der Waals surface area contributed by atoms with Crippen molar-refractivity contribution in [3.8, 4) is 0 Å². The Hall–Kier alpha value is -1.69. The monoisotopic (exact) mass is 438 g/mol. The minimum absolute atomic E-state index is 0.318. The van der Waals surface area contributed by atoms with E-state index in [2.05, 4.69) is 21.7 Å². The van der Waals surface area contributed by atoms with Gasteiger partial charge in [0.25, 0.3) is 0 Å². The average Bonchev–Trinajstić information content (AvgIpc) is 3.28. The first-order chi connectivity index (χ1) is 13.5. The topological polar surface area (TPSA) is 107 Å². The van der Waals surface area contributed by atoms with Crippen LogP contribution in [0.15, 0.2) is 27.4 Å². The van der Waals surface area contributed by atoms with Crippen LogP contribution in [-0.2, 0) is 22.3 Å². The molecular formula is C17H22N6O2S3. The van der Waals surface area contributed by atoms with Crippen LogP contribution in [0, 0.1) is 0 Å². The molecule has 8 nitrogen and oxygen atoms in total. The lowest BCUT2D eigenvalue weighted by molar-refractivity contribution is 0.346. The molecule has 1 aliphatic rings. The largest absolute Gasteiger partial charge is 0.374 e. The van der Waals surface area contributed by atoms with Gasteiger partial charge in [0.2, 0.25) is 15.2 Å². The van der Waals surface area contributed by atoms with Crippen LogP contribution in [0.4, 0.5) is 5.13 Å². The predicted molar refractivity (Wildman–Crippen MR) is 112 cm³/mol. The number of fused-ring (bicyclic) bond motifs is 1. The van der Waals surface area contributed by atoms with Crippen molar-refractivity contribution in [1.82, 2.24) is 24.1 Å². The number of nitrogens with zero attached hydrogens (tertiary/aromatic N) is 5. The van der Waals surface area contributed by atoms with E-state index in [1.165, 1.54) is 23.1 Å². The first-order valence-electron chi connectivity index (χ1n) is 9.20. The van der Waals surface area contributed by atoms with Crippen LogP contribution in [0.25, 0.3) is 11.0 Å². The quantitative estimate of drug-likeness (QED) is 0.590. The molecule has 1 fully saturated rings. The van der Waals surface area contributed by atoms with Gasteiger partial charge in [-0.05, 0) is 38.0 Å². The minimum atomic E-state index is -3.47. The molecule has 1 aromatic carbocycles. The van der Waals surface area contributed by atoms with Gasteiger partial charge < -0.3 is 10.3 Å². The Labute approximate surface area is 172 Å². The number of nitrogens with two attached hydrogens (primary N) is 1. The van der Waals surface area contributed by atoms with E-state index in [1.807, 2.05) is 6.07 Å². The zero-order valence-corrected chi connectivity index (χ0v) is 18.0. The van der Waals surface area contributed by atoms with Crippen LogP contribution < -0.4 is 5.73 Å². The molecular weight excluding hydrogens is 416 g/mol. The zero-order valence-electron chi connectivity index (χ0n) is 15.5. The van der Waals surface area contributed by atoms with E-state index in [9.17, 15) is 8.42 Å². The van der Waals surface area contributed by atoms with Crippen molar-refractivity contribution in [3.63, 3.8) is 0 Å². The molecule has 4 rings (SSSR count). The lowest BCUT2D eigenvalue weighted by atomic mass is 10.2. The summed E-state index contributed by atoms with van der Waals surface area (Å²) < 4.78 is 30.4. The fourth-order valence-corrected chi connectivity index (χ4v) is 6.56. The van der Waals surface area contributed by atoms with Crippen molar-refractivity contribution in [2.45, 2.75) is 47.7 Å². The number of nitrogen functional groups attached to an aromatic ring is 1. The fraction of sp³-hybridized carbons (Fsp3) is 0.471. The molecule has 1 aliphatic heterocycles. The zero-order chi connectivity index (χ0) is 19.7. The molecule has 0 bridgehead atoms. The Bertz CT molecular complexity index is 1090. The molecule has 0 amide bonds. The Balaban J connectivity index is 1.64. The van der Waals surface area contributed by atoms with Crippen LogP contribution in [0.5, 0.6) is 0 Å². The number of thioether (sulfide) groups is 1. The van der Waals surface area contributed by atoms with Gasteiger partial charge in [-0.3, -0.25) is 0 Å². The number of sulfonamides is 1. The molecule has 0 radical (unpaired) electrons. The number of imidazole rings is 1. The van der Waals surface area contributed by atoms with E-state index in [0.717, 1.165) is 41.5 Å². The highest BCUT2D eigenvalue weighted by molar-refractivity contribution is 8.00. The van der Waals surface area contributed by atoms with Crippen molar-refractivity contribution < 1.29 is 8.42 Å². The molecule has 150 valence electrons. The Morgan fingerprint density at radius 3 is 2.68 bits per heavy atom. The van der Waals surface area contributed by atoms with E-state index in [1.54, 1.807) is 16.4 Å². The van der Waals surface area contributed by atoms with E-state index < -0.39 is 10.0 Å². The van der Waals surface area contributed by atoms with Gasteiger partial charge >= 0.3 is 0 Å². The predicted octanol–water partition coefficient (Wildman–Crippen LogP) is 2.96. The second-order valence-corrected chi connectivity index (χ2v) is 10.8. The number of piperidine rings is 1. The molecule has 28 heavy (non-hydrogen) atoms. The normalized spacial score (nSPS) is 16.0. The smallest absolute Gasteiger partial charge is 0.243 e. The molecule has 0 unspecified atom stereocenters. The maximum absolute atomic E-state index is 13.0. The first kappa shape index (κ1) is 19.6. The van der Waals surface area contributed by atoms with Crippen LogP contribution >= 0.6 is 23.1 Å². The molecule has 0 atom stereocenters. The van der Waals surface area contributed by atoms with Gasteiger partial charge in [0.1, 0.15) is 5.82 Å².